The molecule has 21 heavy (non-hydrogen) atoms. The van der Waals surface area contributed by atoms with Crippen molar-refractivity contribution in [3.63, 3.8) is 0 Å². The molecule has 0 radical (unpaired) electrons. The summed E-state index contributed by atoms with van der Waals surface area (Å²) < 4.78 is 11.5. The van der Waals surface area contributed by atoms with Crippen molar-refractivity contribution in [3.05, 3.63) is 29.3 Å². The van der Waals surface area contributed by atoms with Crippen LogP contribution in [0.15, 0.2) is 18.2 Å². The van der Waals surface area contributed by atoms with Gasteiger partial charge in [0, 0.05) is 0 Å². The van der Waals surface area contributed by atoms with Gasteiger partial charge >= 0.3 is 0 Å². The highest BCUT2D eigenvalue weighted by Crippen LogP contribution is 2.35. The topological polar surface area (TPSA) is 18.5 Å². The predicted molar refractivity (Wildman–Crippen MR) is 90.4 cm³/mol. The highest BCUT2D eigenvalue weighted by atomic mass is 16.5. The summed E-state index contributed by atoms with van der Waals surface area (Å²) >= 11 is 0. The number of hydrogen-bond donors (Lipinski definition) is 0. The van der Waals surface area contributed by atoms with Gasteiger partial charge in [0.05, 0.1) is 12.7 Å². The van der Waals surface area contributed by atoms with E-state index in [1.807, 2.05) is 13.8 Å². The summed E-state index contributed by atoms with van der Waals surface area (Å²) in [7, 11) is 0. The van der Waals surface area contributed by atoms with Crippen LogP contribution in [-0.4, -0.2) is 19.3 Å². The average Bonchev–Trinajstić information content (AvgIpc) is 2.32. The summed E-state index contributed by atoms with van der Waals surface area (Å²) in [6, 6.07) is 6.57. The zero-order valence-corrected chi connectivity index (χ0v) is 15.0. The van der Waals surface area contributed by atoms with Crippen LogP contribution in [0.1, 0.15) is 66.5 Å². The van der Waals surface area contributed by atoms with Crippen LogP contribution in [0.3, 0.4) is 0 Å². The van der Waals surface area contributed by atoms with Gasteiger partial charge in [-0.2, -0.15) is 0 Å². The zero-order valence-electron chi connectivity index (χ0n) is 15.0. The maximum Gasteiger partial charge on any atom is 0.123 e. The van der Waals surface area contributed by atoms with Crippen LogP contribution in [0.4, 0.5) is 0 Å². The minimum Gasteiger partial charge on any atom is -0.491 e. The molecule has 0 aromatic heterocycles. The molecule has 120 valence electrons. The molecule has 2 heteroatoms. The molecule has 1 aromatic rings. The van der Waals surface area contributed by atoms with Gasteiger partial charge in [-0.15, -0.1) is 0 Å². The Morgan fingerprint density at radius 1 is 0.905 bits per heavy atom. The molecular weight excluding hydrogens is 260 g/mol. The first kappa shape index (κ1) is 18.0. The SMILES string of the molecule is CC(C)OCCOc1ccc(C(C)(C)C)cc1C(C)(C)C. The monoisotopic (exact) mass is 292 g/mol. The molecule has 0 saturated heterocycles. The molecule has 0 fully saturated rings. The molecule has 0 heterocycles. The van der Waals surface area contributed by atoms with Crippen molar-refractivity contribution >= 4 is 0 Å². The minimum absolute atomic E-state index is 0.0650. The Balaban J connectivity index is 2.93. The van der Waals surface area contributed by atoms with Crippen LogP contribution >= 0.6 is 0 Å². The van der Waals surface area contributed by atoms with Gasteiger partial charge in [0.25, 0.3) is 0 Å². The van der Waals surface area contributed by atoms with E-state index in [9.17, 15) is 0 Å². The zero-order chi connectivity index (χ0) is 16.3. The Morgan fingerprint density at radius 3 is 2.00 bits per heavy atom. The fourth-order valence-electron chi connectivity index (χ4n) is 2.14. The Morgan fingerprint density at radius 2 is 1.52 bits per heavy atom. The lowest BCUT2D eigenvalue weighted by Gasteiger charge is -2.27. The number of hydrogen-bond acceptors (Lipinski definition) is 2. The molecule has 0 atom stereocenters. The van der Waals surface area contributed by atoms with Crippen LogP contribution in [0.5, 0.6) is 5.75 Å². The summed E-state index contributed by atoms with van der Waals surface area (Å²) in [6.07, 6.45) is 0.249. The van der Waals surface area contributed by atoms with Crippen LogP contribution in [0, 0.1) is 0 Å². The third-order valence-corrected chi connectivity index (χ3v) is 3.45. The molecule has 1 aromatic carbocycles. The van der Waals surface area contributed by atoms with Crippen molar-refractivity contribution in [1.82, 2.24) is 0 Å². The second-order valence-electron chi connectivity index (χ2n) is 7.98. The summed E-state index contributed by atoms with van der Waals surface area (Å²) in [5.41, 5.74) is 2.83. The van der Waals surface area contributed by atoms with Crippen molar-refractivity contribution < 1.29 is 9.47 Å². The van der Waals surface area contributed by atoms with Crippen molar-refractivity contribution in [1.29, 1.82) is 0 Å². The predicted octanol–water partition coefficient (Wildman–Crippen LogP) is 5.09. The first-order valence-electron chi connectivity index (χ1n) is 7.91. The van der Waals surface area contributed by atoms with Crippen LogP contribution in [0.2, 0.25) is 0 Å². The van der Waals surface area contributed by atoms with Gasteiger partial charge in [0.15, 0.2) is 0 Å². The van der Waals surface area contributed by atoms with Crippen LogP contribution < -0.4 is 4.74 Å². The molecule has 2 nitrogen and oxygen atoms in total. The van der Waals surface area contributed by atoms with E-state index in [-0.39, 0.29) is 16.9 Å². The normalized spacial score (nSPS) is 12.8. The Labute approximate surface area is 130 Å². The molecule has 0 saturated carbocycles. The lowest BCUT2D eigenvalue weighted by molar-refractivity contribution is 0.0548. The standard InChI is InChI=1S/C19H32O2/c1-14(2)20-11-12-21-17-10-9-15(18(3,4)5)13-16(17)19(6,7)8/h9-10,13-14H,11-12H2,1-8H3. The van der Waals surface area contributed by atoms with Gasteiger partial charge < -0.3 is 9.47 Å². The van der Waals surface area contributed by atoms with Crippen LogP contribution in [0.25, 0.3) is 0 Å². The highest BCUT2D eigenvalue weighted by molar-refractivity contribution is 5.43. The first-order chi connectivity index (χ1) is 9.51. The fraction of sp³-hybridized carbons (Fsp3) is 0.684. The summed E-state index contributed by atoms with van der Waals surface area (Å²) in [6.45, 7) is 18.7. The Hall–Kier alpha value is -1.02. The summed E-state index contributed by atoms with van der Waals surface area (Å²) in [5, 5.41) is 0. The van der Waals surface area contributed by atoms with Crippen molar-refractivity contribution in [3.8, 4) is 5.75 Å². The third-order valence-electron chi connectivity index (χ3n) is 3.45. The minimum atomic E-state index is 0.0650. The average molecular weight is 292 g/mol. The third kappa shape index (κ3) is 5.70. The molecular formula is C19H32O2. The summed E-state index contributed by atoms with van der Waals surface area (Å²) in [4.78, 5) is 0. The molecule has 0 spiro atoms. The number of rotatable bonds is 5. The Bertz CT molecular complexity index is 448. The van der Waals surface area contributed by atoms with Gasteiger partial charge in [-0.1, -0.05) is 53.7 Å². The fourth-order valence-corrected chi connectivity index (χ4v) is 2.14. The summed E-state index contributed by atoms with van der Waals surface area (Å²) in [5.74, 6) is 0.975. The lowest BCUT2D eigenvalue weighted by Crippen LogP contribution is -2.19. The van der Waals surface area contributed by atoms with Crippen molar-refractivity contribution in [2.24, 2.45) is 0 Å². The second kappa shape index (κ2) is 6.83. The maximum absolute atomic E-state index is 5.96. The molecule has 0 amide bonds. The van der Waals surface area contributed by atoms with Gasteiger partial charge in [-0.25, -0.2) is 0 Å². The van der Waals surface area contributed by atoms with Crippen molar-refractivity contribution in [2.75, 3.05) is 13.2 Å². The van der Waals surface area contributed by atoms with E-state index in [1.165, 1.54) is 11.1 Å². The molecule has 1 rings (SSSR count). The lowest BCUT2D eigenvalue weighted by atomic mass is 9.80. The molecule has 0 bridgehead atoms. The number of ether oxygens (including phenoxy) is 2. The number of benzene rings is 1. The van der Waals surface area contributed by atoms with E-state index in [0.29, 0.717) is 13.2 Å². The van der Waals surface area contributed by atoms with E-state index in [0.717, 1.165) is 5.75 Å². The molecule has 0 aliphatic carbocycles. The van der Waals surface area contributed by atoms with Crippen LogP contribution in [-0.2, 0) is 15.6 Å². The van der Waals surface area contributed by atoms with E-state index in [2.05, 4.69) is 59.7 Å². The van der Waals surface area contributed by atoms with E-state index in [4.69, 9.17) is 9.47 Å². The van der Waals surface area contributed by atoms with Gasteiger partial charge in [0.1, 0.15) is 12.4 Å². The molecule has 0 unspecified atom stereocenters. The quantitative estimate of drug-likeness (QED) is 0.704. The molecule has 0 aliphatic heterocycles. The van der Waals surface area contributed by atoms with E-state index in [1.54, 1.807) is 0 Å². The van der Waals surface area contributed by atoms with Gasteiger partial charge in [-0.3, -0.25) is 0 Å². The second-order valence-corrected chi connectivity index (χ2v) is 7.98. The van der Waals surface area contributed by atoms with Crippen molar-refractivity contribution in [2.45, 2.75) is 72.3 Å². The molecule has 0 N–H and O–H groups in total. The Kier molecular flexibility index (Phi) is 5.86. The van der Waals surface area contributed by atoms with E-state index < -0.39 is 0 Å². The smallest absolute Gasteiger partial charge is 0.123 e. The largest absolute Gasteiger partial charge is 0.491 e. The first-order valence-corrected chi connectivity index (χ1v) is 7.91. The highest BCUT2D eigenvalue weighted by Gasteiger charge is 2.22. The van der Waals surface area contributed by atoms with Gasteiger partial charge in [0.2, 0.25) is 0 Å². The maximum atomic E-state index is 5.96. The van der Waals surface area contributed by atoms with E-state index >= 15 is 0 Å². The van der Waals surface area contributed by atoms with Gasteiger partial charge in [-0.05, 0) is 41.9 Å². The molecule has 0 aliphatic rings.